The highest BCUT2D eigenvalue weighted by Gasteiger charge is 2.17. The predicted molar refractivity (Wildman–Crippen MR) is 278 cm³/mol. The smallest absolute Gasteiger partial charge is 0.0645 e. The summed E-state index contributed by atoms with van der Waals surface area (Å²) in [6.07, 6.45) is 0. The molecule has 1 heteroatoms. The van der Waals surface area contributed by atoms with E-state index in [1.54, 1.807) is 30.3 Å². The van der Waals surface area contributed by atoms with Crippen LogP contribution in [0.3, 0.4) is 0 Å². The van der Waals surface area contributed by atoms with Crippen LogP contribution in [0.1, 0.15) is 16.4 Å². The number of fused-ring (bicyclic) bond motifs is 5. The molecule has 304 valence electrons. The quantitative estimate of drug-likeness (QED) is 0.138. The summed E-state index contributed by atoms with van der Waals surface area (Å²) >= 11 is 0. The van der Waals surface area contributed by atoms with Crippen molar-refractivity contribution in [1.82, 2.24) is 0 Å². The number of hydrogen-bond acceptors (Lipinski definition) is 1. The van der Waals surface area contributed by atoms with Crippen LogP contribution in [-0.4, -0.2) is 0 Å². The summed E-state index contributed by atoms with van der Waals surface area (Å²) in [5, 5.41) is 7.49. The highest BCUT2D eigenvalue weighted by molar-refractivity contribution is 6.08. The fourth-order valence-electron chi connectivity index (χ4n) is 8.87. The van der Waals surface area contributed by atoms with Crippen LogP contribution in [0, 0.1) is 0 Å². The monoisotopic (exact) mass is 837 g/mol. The van der Waals surface area contributed by atoms with E-state index in [1.165, 1.54) is 0 Å². The minimum atomic E-state index is -0.680. The van der Waals surface area contributed by atoms with Gasteiger partial charge in [-0.1, -0.05) is 218 Å². The maximum Gasteiger partial charge on any atom is 0.0645 e. The lowest BCUT2D eigenvalue weighted by molar-refractivity contribution is 1.28. The van der Waals surface area contributed by atoms with E-state index in [2.05, 4.69) is 0 Å². The summed E-state index contributed by atoms with van der Waals surface area (Å²) < 4.78 is 117. The van der Waals surface area contributed by atoms with Crippen molar-refractivity contribution in [1.29, 1.82) is 0 Å². The Balaban J connectivity index is 1.09. The van der Waals surface area contributed by atoms with Crippen LogP contribution in [0.2, 0.25) is 0 Å². The van der Waals surface area contributed by atoms with Gasteiger partial charge in [0.25, 0.3) is 0 Å². The van der Waals surface area contributed by atoms with E-state index >= 15 is 0 Å². The average molecular weight is 838 g/mol. The second-order valence-electron chi connectivity index (χ2n) is 15.9. The highest BCUT2D eigenvalue weighted by atomic mass is 15.1. The maximum absolute atomic E-state index is 9.85. The first-order chi connectivity index (χ1) is 37.2. The Morgan fingerprint density at radius 3 is 1.38 bits per heavy atom. The van der Waals surface area contributed by atoms with Gasteiger partial charge in [-0.2, -0.15) is 0 Å². The number of benzene rings is 12. The molecule has 0 saturated carbocycles. The minimum absolute atomic E-state index is 0.0553. The SMILES string of the molecule is [2H]c1c([2H])c(N(c2c([2H])c([2H])c(-c3ccc4c(ccc5ccccc54)c3)c([2H])c2[2H])c2c([2H])c([2H])c(-c3ccc4ccccc4c3-c3ccccc3)c([2H])c2[2H])c([2H])c([2H])c1-c1ccc(-c2cccc3ccccc23)cc1. The normalized spacial score (nSPS) is 14.0. The predicted octanol–water partition coefficient (Wildman–Crippen LogP) is 18.1. The van der Waals surface area contributed by atoms with Crippen LogP contribution in [0.25, 0.3) is 98.7 Å². The van der Waals surface area contributed by atoms with Gasteiger partial charge in [0.15, 0.2) is 0 Å². The van der Waals surface area contributed by atoms with Crippen LogP contribution < -0.4 is 4.90 Å². The summed E-state index contributed by atoms with van der Waals surface area (Å²) in [6.45, 7) is 0. The summed E-state index contributed by atoms with van der Waals surface area (Å²) in [5.74, 6) is 0. The summed E-state index contributed by atoms with van der Waals surface area (Å²) in [7, 11) is 0. The summed E-state index contributed by atoms with van der Waals surface area (Å²) in [6, 6.07) is 51.7. The summed E-state index contributed by atoms with van der Waals surface area (Å²) in [4.78, 5) is 0.869. The average Bonchev–Trinajstić information content (AvgIpc) is 3.59. The third-order valence-electron chi connectivity index (χ3n) is 12.1. The van der Waals surface area contributed by atoms with E-state index < -0.39 is 89.6 Å². The first-order valence-corrected chi connectivity index (χ1v) is 21.4. The fourth-order valence-corrected chi connectivity index (χ4v) is 8.87. The van der Waals surface area contributed by atoms with Crippen molar-refractivity contribution in [2.75, 3.05) is 4.90 Å². The largest absolute Gasteiger partial charge is 0.311 e. The molecule has 0 unspecified atom stereocenters. The lowest BCUT2D eigenvalue weighted by atomic mass is 9.90. The fraction of sp³-hybridized carbons (Fsp3) is 0. The van der Waals surface area contributed by atoms with Gasteiger partial charge in [0.1, 0.15) is 0 Å². The minimum Gasteiger partial charge on any atom is -0.311 e. The Kier molecular flexibility index (Phi) is 6.91. The molecule has 0 radical (unpaired) electrons. The lowest BCUT2D eigenvalue weighted by Gasteiger charge is -2.26. The molecular formula is C64H43N. The van der Waals surface area contributed by atoms with Gasteiger partial charge in [0.2, 0.25) is 0 Å². The second kappa shape index (κ2) is 16.3. The molecule has 0 atom stereocenters. The van der Waals surface area contributed by atoms with Crippen molar-refractivity contribution in [2.24, 2.45) is 0 Å². The first-order valence-electron chi connectivity index (χ1n) is 27.4. The molecule has 0 spiro atoms. The van der Waals surface area contributed by atoms with Gasteiger partial charge >= 0.3 is 0 Å². The van der Waals surface area contributed by atoms with Gasteiger partial charge in [0, 0.05) is 17.1 Å². The molecule has 0 aliphatic heterocycles. The molecule has 0 aliphatic carbocycles. The van der Waals surface area contributed by atoms with Gasteiger partial charge in [-0.25, -0.2) is 0 Å². The zero-order valence-electron chi connectivity index (χ0n) is 46.8. The van der Waals surface area contributed by atoms with E-state index in [4.69, 9.17) is 0 Å². The molecule has 0 saturated heterocycles. The van der Waals surface area contributed by atoms with E-state index in [1.807, 2.05) is 158 Å². The molecule has 0 amide bonds. The molecular weight excluding hydrogens is 783 g/mol. The standard InChI is InChI=1S/C64H43N/c1-2-14-52(15-3-1)64-62-19-9-6-13-49(62)33-42-63(64)51-31-39-57(40-32-51)65(56-37-29-46(30-38-56)53-34-41-61-54(43-53)26-25-48-12-5-8-18-59(48)61)55-35-27-45(28-36-55)44-21-23-50(24-22-44)60-20-10-16-47-11-4-7-17-58(47)60/h1-43H/i27D,28D,29D,30D,31D,32D,35D,36D,37D,38D,39D,40D. The van der Waals surface area contributed by atoms with Gasteiger partial charge in [-0.15, -0.1) is 0 Å². The van der Waals surface area contributed by atoms with Crippen LogP contribution >= 0.6 is 0 Å². The Labute approximate surface area is 396 Å². The van der Waals surface area contributed by atoms with E-state index in [0.29, 0.717) is 22.3 Å². The molecule has 0 fully saturated rings. The van der Waals surface area contributed by atoms with Crippen molar-refractivity contribution < 1.29 is 16.4 Å². The van der Waals surface area contributed by atoms with Gasteiger partial charge in [0.05, 0.1) is 16.4 Å². The molecule has 1 nitrogen and oxygen atoms in total. The van der Waals surface area contributed by atoms with Crippen LogP contribution in [0.15, 0.2) is 261 Å². The molecule has 0 bridgehead atoms. The van der Waals surface area contributed by atoms with Gasteiger partial charge in [-0.3, -0.25) is 0 Å². The Hall–Kier alpha value is -8.52. The topological polar surface area (TPSA) is 3.24 Å². The van der Waals surface area contributed by atoms with Crippen molar-refractivity contribution in [3.63, 3.8) is 0 Å². The molecule has 65 heavy (non-hydrogen) atoms. The van der Waals surface area contributed by atoms with Gasteiger partial charge in [-0.05, 0) is 141 Å². The van der Waals surface area contributed by atoms with Crippen LogP contribution in [0.4, 0.5) is 17.1 Å². The third kappa shape index (κ3) is 7.10. The van der Waals surface area contributed by atoms with E-state index in [-0.39, 0.29) is 16.7 Å². The molecule has 0 aromatic heterocycles. The molecule has 0 aliphatic rings. The second-order valence-corrected chi connectivity index (χ2v) is 15.9. The number of nitrogens with zero attached hydrogens (tertiary/aromatic N) is 1. The maximum atomic E-state index is 9.85. The van der Waals surface area contributed by atoms with Gasteiger partial charge < -0.3 is 4.90 Å². The molecule has 0 N–H and O–H groups in total. The van der Waals surface area contributed by atoms with E-state index in [0.717, 1.165) is 64.7 Å². The number of rotatable bonds is 8. The molecule has 12 rings (SSSR count). The lowest BCUT2D eigenvalue weighted by Crippen LogP contribution is -2.09. The van der Waals surface area contributed by atoms with Crippen molar-refractivity contribution in [3.05, 3.63) is 261 Å². The number of hydrogen-bond donors (Lipinski definition) is 0. The van der Waals surface area contributed by atoms with Crippen LogP contribution in [-0.2, 0) is 0 Å². The summed E-state index contributed by atoms with van der Waals surface area (Å²) in [5.41, 5.74) is 2.42. The molecule has 12 aromatic carbocycles. The Bertz CT molecular complexity index is 4330. The Morgan fingerprint density at radius 2 is 0.708 bits per heavy atom. The van der Waals surface area contributed by atoms with Crippen molar-refractivity contribution >= 4 is 60.2 Å². The number of anilines is 3. The van der Waals surface area contributed by atoms with Crippen molar-refractivity contribution in [3.8, 4) is 55.6 Å². The van der Waals surface area contributed by atoms with Crippen LogP contribution in [0.5, 0.6) is 0 Å². The zero-order valence-corrected chi connectivity index (χ0v) is 34.8. The zero-order chi connectivity index (χ0) is 53.6. The van der Waals surface area contributed by atoms with E-state index in [9.17, 15) is 16.4 Å². The molecule has 12 aromatic rings. The molecule has 0 heterocycles. The highest BCUT2D eigenvalue weighted by Crippen LogP contribution is 2.42. The Morgan fingerprint density at radius 1 is 0.246 bits per heavy atom. The van der Waals surface area contributed by atoms with Crippen molar-refractivity contribution in [2.45, 2.75) is 0 Å². The third-order valence-corrected chi connectivity index (χ3v) is 12.1. The first kappa shape index (κ1) is 27.5.